The third-order valence-corrected chi connectivity index (χ3v) is 4.87. The van der Waals surface area contributed by atoms with Crippen LogP contribution in [0.1, 0.15) is 11.1 Å². The average molecular weight is 382 g/mol. The highest BCUT2D eigenvalue weighted by Crippen LogP contribution is 2.26. The van der Waals surface area contributed by atoms with Gasteiger partial charge in [-0.2, -0.15) is 0 Å². The van der Waals surface area contributed by atoms with Crippen molar-refractivity contribution >= 4 is 16.8 Å². The molecule has 1 amide bonds. The van der Waals surface area contributed by atoms with E-state index < -0.39 is 0 Å². The fourth-order valence-electron chi connectivity index (χ4n) is 3.41. The van der Waals surface area contributed by atoms with Gasteiger partial charge < -0.3 is 24.0 Å². The van der Waals surface area contributed by atoms with Crippen molar-refractivity contribution in [3.8, 4) is 11.5 Å². The number of aliphatic hydroxyl groups is 1. The molecule has 0 saturated carbocycles. The highest BCUT2D eigenvalue weighted by atomic mass is 16.5. The number of fused-ring (bicyclic) bond motifs is 1. The van der Waals surface area contributed by atoms with Crippen LogP contribution < -0.4 is 9.47 Å². The van der Waals surface area contributed by atoms with Gasteiger partial charge in [0.15, 0.2) is 0 Å². The smallest absolute Gasteiger partial charge is 0.242 e. The molecule has 0 fully saturated rings. The van der Waals surface area contributed by atoms with Crippen LogP contribution in [0.15, 0.2) is 48.7 Å². The molecule has 0 atom stereocenters. The maximum Gasteiger partial charge on any atom is 0.242 e. The van der Waals surface area contributed by atoms with Gasteiger partial charge in [-0.15, -0.1) is 0 Å². The van der Waals surface area contributed by atoms with Crippen LogP contribution in [0.4, 0.5) is 0 Å². The molecule has 6 nitrogen and oxygen atoms in total. The minimum Gasteiger partial charge on any atom is -0.497 e. The lowest BCUT2D eigenvalue weighted by molar-refractivity contribution is -0.132. The molecule has 1 aromatic heterocycles. The van der Waals surface area contributed by atoms with Crippen LogP contribution in [0.5, 0.6) is 11.5 Å². The minimum absolute atomic E-state index is 0.0623. The molecule has 1 N–H and O–H groups in total. The average Bonchev–Trinajstić information content (AvgIpc) is 3.03. The molecule has 1 heterocycles. The number of benzene rings is 2. The highest BCUT2D eigenvalue weighted by Gasteiger charge is 2.18. The van der Waals surface area contributed by atoms with Gasteiger partial charge in [-0.25, -0.2) is 0 Å². The van der Waals surface area contributed by atoms with E-state index in [9.17, 15) is 9.90 Å². The van der Waals surface area contributed by atoms with Gasteiger partial charge in [0.1, 0.15) is 18.0 Å². The summed E-state index contributed by atoms with van der Waals surface area (Å²) in [4.78, 5) is 14.7. The Kier molecular flexibility index (Phi) is 6.21. The third kappa shape index (κ3) is 4.12. The number of nitrogens with zero attached hydrogens (tertiary/aromatic N) is 2. The second kappa shape index (κ2) is 8.80. The largest absolute Gasteiger partial charge is 0.497 e. The van der Waals surface area contributed by atoms with Crippen molar-refractivity contribution in [1.82, 2.24) is 9.47 Å². The number of aliphatic hydroxyl groups excluding tert-OH is 1. The molecule has 0 saturated heterocycles. The van der Waals surface area contributed by atoms with E-state index in [-0.39, 0.29) is 25.6 Å². The van der Waals surface area contributed by atoms with E-state index in [1.54, 1.807) is 25.2 Å². The summed E-state index contributed by atoms with van der Waals surface area (Å²) in [7, 11) is 3.19. The fourth-order valence-corrected chi connectivity index (χ4v) is 3.41. The molecule has 2 aromatic carbocycles. The van der Waals surface area contributed by atoms with E-state index in [0.29, 0.717) is 18.0 Å². The molecule has 0 radical (unpaired) electrons. The molecule has 3 rings (SSSR count). The van der Waals surface area contributed by atoms with E-state index >= 15 is 0 Å². The summed E-state index contributed by atoms with van der Waals surface area (Å²) >= 11 is 0. The van der Waals surface area contributed by atoms with Gasteiger partial charge in [0.05, 0.1) is 20.8 Å². The maximum absolute atomic E-state index is 13.0. The van der Waals surface area contributed by atoms with Gasteiger partial charge in [0.25, 0.3) is 0 Å². The first-order valence-corrected chi connectivity index (χ1v) is 9.21. The van der Waals surface area contributed by atoms with Crippen LogP contribution in [0, 0.1) is 6.92 Å². The van der Waals surface area contributed by atoms with Crippen LogP contribution >= 0.6 is 0 Å². The first-order valence-electron chi connectivity index (χ1n) is 9.21. The number of methoxy groups -OCH3 is 2. The lowest BCUT2D eigenvalue weighted by Gasteiger charge is -2.23. The predicted octanol–water partition coefficient (Wildman–Crippen LogP) is 2.99. The van der Waals surface area contributed by atoms with Gasteiger partial charge in [0, 0.05) is 41.8 Å². The molecule has 0 aliphatic heterocycles. The van der Waals surface area contributed by atoms with E-state index in [2.05, 4.69) is 6.07 Å². The number of aromatic nitrogens is 1. The van der Waals surface area contributed by atoms with Crippen molar-refractivity contribution in [1.29, 1.82) is 0 Å². The van der Waals surface area contributed by atoms with Crippen molar-refractivity contribution in [2.45, 2.75) is 20.0 Å². The SMILES string of the molecule is COc1ccc(CN(CCO)C(=O)Cn2cc(C)c3ccccc32)c(OC)c1. The van der Waals surface area contributed by atoms with E-state index in [1.165, 1.54) is 0 Å². The van der Waals surface area contributed by atoms with Crippen molar-refractivity contribution in [2.24, 2.45) is 0 Å². The fraction of sp³-hybridized carbons (Fsp3) is 0.318. The van der Waals surface area contributed by atoms with Crippen molar-refractivity contribution in [3.05, 3.63) is 59.8 Å². The molecule has 3 aromatic rings. The zero-order chi connectivity index (χ0) is 20.1. The Hall–Kier alpha value is -2.99. The Morgan fingerprint density at radius 3 is 2.64 bits per heavy atom. The molecular formula is C22H26N2O4. The van der Waals surface area contributed by atoms with Crippen LogP contribution in [-0.4, -0.2) is 47.9 Å². The van der Waals surface area contributed by atoms with Crippen molar-refractivity contribution in [3.63, 3.8) is 0 Å². The first kappa shape index (κ1) is 19.8. The van der Waals surface area contributed by atoms with E-state index in [0.717, 1.165) is 22.0 Å². The summed E-state index contributed by atoms with van der Waals surface area (Å²) in [6.07, 6.45) is 1.99. The molecular weight excluding hydrogens is 356 g/mol. The summed E-state index contributed by atoms with van der Waals surface area (Å²) < 4.78 is 12.6. The summed E-state index contributed by atoms with van der Waals surface area (Å²) in [5.41, 5.74) is 3.02. The number of aryl methyl sites for hydroxylation is 1. The molecule has 148 valence electrons. The zero-order valence-corrected chi connectivity index (χ0v) is 16.5. The van der Waals surface area contributed by atoms with Crippen LogP contribution in [0.3, 0.4) is 0 Å². The van der Waals surface area contributed by atoms with Crippen LogP contribution in [0.2, 0.25) is 0 Å². The minimum atomic E-state index is -0.102. The molecule has 0 spiro atoms. The molecule has 0 bridgehead atoms. The quantitative estimate of drug-likeness (QED) is 0.651. The summed E-state index contributed by atoms with van der Waals surface area (Å²) in [6, 6.07) is 13.5. The van der Waals surface area contributed by atoms with Gasteiger partial charge in [-0.3, -0.25) is 4.79 Å². The van der Waals surface area contributed by atoms with Gasteiger partial charge >= 0.3 is 0 Å². The Labute approximate surface area is 164 Å². The van der Waals surface area contributed by atoms with Crippen molar-refractivity contribution < 1.29 is 19.4 Å². The second-order valence-electron chi connectivity index (χ2n) is 6.67. The Balaban J connectivity index is 1.82. The number of hydrogen-bond acceptors (Lipinski definition) is 4. The maximum atomic E-state index is 13.0. The van der Waals surface area contributed by atoms with Crippen LogP contribution in [-0.2, 0) is 17.9 Å². The molecule has 28 heavy (non-hydrogen) atoms. The Morgan fingerprint density at radius 2 is 1.93 bits per heavy atom. The summed E-state index contributed by atoms with van der Waals surface area (Å²) in [5, 5.41) is 10.6. The molecule has 0 aliphatic rings. The lowest BCUT2D eigenvalue weighted by atomic mass is 10.1. The number of hydrogen-bond donors (Lipinski definition) is 1. The first-order chi connectivity index (χ1) is 13.6. The standard InChI is InChI=1S/C22H26N2O4/c1-16-13-24(20-7-5-4-6-19(16)20)15-22(26)23(10-11-25)14-17-8-9-18(27-2)12-21(17)28-3/h4-9,12-13,25H,10-11,14-15H2,1-3H3. The van der Waals surface area contributed by atoms with Gasteiger partial charge in [-0.1, -0.05) is 18.2 Å². The molecule has 0 aliphatic carbocycles. The topological polar surface area (TPSA) is 63.9 Å². The predicted molar refractivity (Wildman–Crippen MR) is 109 cm³/mol. The normalized spacial score (nSPS) is 10.9. The second-order valence-corrected chi connectivity index (χ2v) is 6.67. The Bertz CT molecular complexity index is 964. The van der Waals surface area contributed by atoms with E-state index in [4.69, 9.17) is 9.47 Å². The van der Waals surface area contributed by atoms with Gasteiger partial charge in [-0.05, 0) is 30.7 Å². The lowest BCUT2D eigenvalue weighted by Crippen LogP contribution is -2.35. The molecule has 6 heteroatoms. The number of ether oxygens (including phenoxy) is 2. The number of carbonyl (C=O) groups is 1. The summed E-state index contributed by atoms with van der Waals surface area (Å²) in [6.45, 7) is 2.76. The van der Waals surface area contributed by atoms with Gasteiger partial charge in [0.2, 0.25) is 5.91 Å². The zero-order valence-electron chi connectivity index (χ0n) is 16.5. The third-order valence-electron chi connectivity index (χ3n) is 4.87. The van der Waals surface area contributed by atoms with Crippen molar-refractivity contribution in [2.75, 3.05) is 27.4 Å². The van der Waals surface area contributed by atoms with E-state index in [1.807, 2.05) is 48.0 Å². The number of rotatable bonds is 8. The number of para-hydroxylation sites is 1. The Morgan fingerprint density at radius 1 is 1.14 bits per heavy atom. The van der Waals surface area contributed by atoms with Crippen LogP contribution in [0.25, 0.3) is 10.9 Å². The monoisotopic (exact) mass is 382 g/mol. The highest BCUT2D eigenvalue weighted by molar-refractivity contribution is 5.86. The number of amides is 1. The summed E-state index contributed by atoms with van der Waals surface area (Å²) in [5.74, 6) is 1.28. The number of carbonyl (C=O) groups excluding carboxylic acids is 1. The molecule has 0 unspecified atom stereocenters.